The van der Waals surface area contributed by atoms with Gasteiger partial charge >= 0.3 is 5.97 Å². The van der Waals surface area contributed by atoms with E-state index in [-0.39, 0.29) is 18.4 Å². The van der Waals surface area contributed by atoms with Crippen LogP contribution in [-0.4, -0.2) is 19.1 Å². The Balaban J connectivity index is 2.69. The molecule has 0 aliphatic rings. The lowest BCUT2D eigenvalue weighted by Gasteiger charge is -2.11. The Labute approximate surface area is 92.2 Å². The third-order valence-corrected chi connectivity index (χ3v) is 2.18. The van der Waals surface area contributed by atoms with Gasteiger partial charge in [0.05, 0.1) is 13.5 Å². The smallest absolute Gasteiger partial charge is 0.307 e. The summed E-state index contributed by atoms with van der Waals surface area (Å²) in [6.45, 7) is 0. The average molecular weight is 229 g/mol. The van der Waals surface area contributed by atoms with E-state index in [4.69, 9.17) is 5.73 Å². The zero-order chi connectivity index (χ0) is 12.1. The lowest BCUT2D eigenvalue weighted by Crippen LogP contribution is -2.27. The highest BCUT2D eigenvalue weighted by Crippen LogP contribution is 2.14. The summed E-state index contributed by atoms with van der Waals surface area (Å²) in [6.07, 6.45) is -0.0993. The third-order valence-electron chi connectivity index (χ3n) is 2.18. The van der Waals surface area contributed by atoms with E-state index in [1.165, 1.54) is 13.2 Å². The molecule has 5 heteroatoms. The first-order valence-electron chi connectivity index (χ1n) is 4.80. The van der Waals surface area contributed by atoms with Crippen molar-refractivity contribution in [3.8, 4) is 0 Å². The van der Waals surface area contributed by atoms with Crippen LogP contribution < -0.4 is 5.73 Å². The van der Waals surface area contributed by atoms with Gasteiger partial charge in [-0.15, -0.1) is 0 Å². The lowest BCUT2D eigenvalue weighted by molar-refractivity contribution is -0.141. The fraction of sp³-hybridized carbons (Fsp3) is 0.364. The number of esters is 1. The Morgan fingerprint density at radius 3 is 2.50 bits per heavy atom. The number of nitrogens with two attached hydrogens (primary N) is 1. The monoisotopic (exact) mass is 229 g/mol. The first kappa shape index (κ1) is 12.6. The Hall–Kier alpha value is -1.49. The maximum Gasteiger partial charge on any atom is 0.307 e. The van der Waals surface area contributed by atoms with Crippen LogP contribution in [0.3, 0.4) is 0 Å². The molecule has 0 fully saturated rings. The quantitative estimate of drug-likeness (QED) is 0.794. The molecule has 0 aromatic heterocycles. The maximum atomic E-state index is 13.2. The molecule has 0 saturated carbocycles. The molecular weight excluding hydrogens is 216 g/mol. The van der Waals surface area contributed by atoms with Crippen LogP contribution in [0, 0.1) is 11.6 Å². The van der Waals surface area contributed by atoms with Gasteiger partial charge in [0.25, 0.3) is 0 Å². The van der Waals surface area contributed by atoms with Gasteiger partial charge in [0.15, 0.2) is 0 Å². The second-order valence-electron chi connectivity index (χ2n) is 3.44. The molecule has 0 spiro atoms. The number of carbonyl (C=O) groups excluding carboxylic acids is 1. The van der Waals surface area contributed by atoms with Crippen LogP contribution in [0.2, 0.25) is 0 Å². The van der Waals surface area contributed by atoms with E-state index >= 15 is 0 Å². The van der Waals surface area contributed by atoms with Crippen LogP contribution in [-0.2, 0) is 16.0 Å². The van der Waals surface area contributed by atoms with Gasteiger partial charge in [-0.1, -0.05) is 6.07 Å². The molecule has 1 aromatic carbocycles. The maximum absolute atomic E-state index is 13.2. The van der Waals surface area contributed by atoms with Gasteiger partial charge in [-0.2, -0.15) is 0 Å². The highest BCUT2D eigenvalue weighted by molar-refractivity contribution is 5.69. The van der Waals surface area contributed by atoms with E-state index in [9.17, 15) is 13.6 Å². The predicted octanol–water partition coefficient (Wildman–Crippen LogP) is 1.40. The zero-order valence-corrected chi connectivity index (χ0v) is 8.87. The Bertz CT molecular complexity index is 362. The van der Waals surface area contributed by atoms with Gasteiger partial charge in [-0.05, 0) is 18.6 Å². The predicted molar refractivity (Wildman–Crippen MR) is 54.7 cm³/mol. The summed E-state index contributed by atoms with van der Waals surface area (Å²) in [5.74, 6) is -1.80. The zero-order valence-electron chi connectivity index (χ0n) is 8.87. The molecule has 3 nitrogen and oxygen atoms in total. The molecule has 0 amide bonds. The Morgan fingerprint density at radius 2 is 2.00 bits per heavy atom. The molecule has 16 heavy (non-hydrogen) atoms. The number of rotatable bonds is 4. The third kappa shape index (κ3) is 3.27. The van der Waals surface area contributed by atoms with Gasteiger partial charge in [0, 0.05) is 11.6 Å². The summed E-state index contributed by atoms with van der Waals surface area (Å²) in [4.78, 5) is 10.9. The Morgan fingerprint density at radius 1 is 1.44 bits per heavy atom. The van der Waals surface area contributed by atoms with Crippen LogP contribution in [0.4, 0.5) is 8.78 Å². The van der Waals surface area contributed by atoms with Gasteiger partial charge in [-0.25, -0.2) is 8.78 Å². The molecule has 1 atom stereocenters. The summed E-state index contributed by atoms with van der Waals surface area (Å²) >= 11 is 0. The van der Waals surface area contributed by atoms with Crippen molar-refractivity contribution in [3.05, 3.63) is 35.4 Å². The van der Waals surface area contributed by atoms with Crippen molar-refractivity contribution >= 4 is 5.97 Å². The largest absolute Gasteiger partial charge is 0.469 e. The second-order valence-corrected chi connectivity index (χ2v) is 3.44. The van der Waals surface area contributed by atoms with Crippen LogP contribution in [0.25, 0.3) is 0 Å². The van der Waals surface area contributed by atoms with Gasteiger partial charge in [0.1, 0.15) is 11.6 Å². The molecule has 2 N–H and O–H groups in total. The number of benzene rings is 1. The summed E-state index contributed by atoms with van der Waals surface area (Å²) in [7, 11) is 1.23. The number of halogens is 2. The molecule has 88 valence electrons. The molecule has 0 saturated heterocycles. The highest BCUT2D eigenvalue weighted by atomic mass is 19.1. The van der Waals surface area contributed by atoms with Crippen molar-refractivity contribution in [1.82, 2.24) is 0 Å². The summed E-state index contributed by atoms with van der Waals surface area (Å²) < 4.78 is 30.8. The van der Waals surface area contributed by atoms with Gasteiger partial charge in [-0.3, -0.25) is 4.79 Å². The lowest BCUT2D eigenvalue weighted by atomic mass is 10.0. The first-order valence-corrected chi connectivity index (χ1v) is 4.80. The standard InChI is InChI=1S/C11H13F2NO2/c1-16-11(15)6-7(14)5-8-9(12)3-2-4-10(8)13/h2-4,7H,5-6,14H2,1H3/t7-/m1/s1. The van der Waals surface area contributed by atoms with E-state index in [1.807, 2.05) is 0 Å². The Kier molecular flexibility index (Phi) is 4.37. The molecular formula is C11H13F2NO2. The number of hydrogen-bond donors (Lipinski definition) is 1. The summed E-state index contributed by atoms with van der Waals surface area (Å²) in [5.41, 5.74) is 5.49. The average Bonchev–Trinajstić information content (AvgIpc) is 2.23. The fourth-order valence-corrected chi connectivity index (χ4v) is 1.36. The van der Waals surface area contributed by atoms with Crippen molar-refractivity contribution < 1.29 is 18.3 Å². The van der Waals surface area contributed by atoms with E-state index in [2.05, 4.69) is 4.74 Å². The minimum Gasteiger partial charge on any atom is -0.469 e. The number of carbonyl (C=O) groups is 1. The molecule has 0 radical (unpaired) electrons. The minimum atomic E-state index is -0.654. The van der Waals surface area contributed by atoms with Crippen LogP contribution >= 0.6 is 0 Å². The number of hydrogen-bond acceptors (Lipinski definition) is 3. The van der Waals surface area contributed by atoms with Crippen molar-refractivity contribution in [2.45, 2.75) is 18.9 Å². The van der Waals surface area contributed by atoms with Gasteiger partial charge < -0.3 is 10.5 Å². The number of ether oxygens (including phenoxy) is 1. The van der Waals surface area contributed by atoms with Crippen LogP contribution in [0.5, 0.6) is 0 Å². The van der Waals surface area contributed by atoms with Crippen molar-refractivity contribution in [3.63, 3.8) is 0 Å². The molecule has 1 aromatic rings. The summed E-state index contributed by atoms with van der Waals surface area (Å²) in [5, 5.41) is 0. The highest BCUT2D eigenvalue weighted by Gasteiger charge is 2.15. The SMILES string of the molecule is COC(=O)C[C@H](N)Cc1c(F)cccc1F. The fourth-order valence-electron chi connectivity index (χ4n) is 1.36. The first-order chi connectivity index (χ1) is 7.54. The molecule has 0 bridgehead atoms. The molecule has 0 aliphatic heterocycles. The number of methoxy groups -OCH3 is 1. The second kappa shape index (κ2) is 5.55. The van der Waals surface area contributed by atoms with E-state index in [0.717, 1.165) is 12.1 Å². The van der Waals surface area contributed by atoms with Crippen molar-refractivity contribution in [1.29, 1.82) is 0 Å². The molecule has 0 heterocycles. The molecule has 1 rings (SSSR count). The summed E-state index contributed by atoms with van der Waals surface area (Å²) in [6, 6.07) is 2.94. The van der Waals surface area contributed by atoms with E-state index in [0.29, 0.717) is 0 Å². The van der Waals surface area contributed by atoms with Crippen molar-refractivity contribution in [2.24, 2.45) is 5.73 Å². The van der Waals surface area contributed by atoms with Gasteiger partial charge in [0.2, 0.25) is 0 Å². The molecule has 0 unspecified atom stereocenters. The van der Waals surface area contributed by atoms with E-state index < -0.39 is 23.6 Å². The topological polar surface area (TPSA) is 52.3 Å². The van der Waals surface area contributed by atoms with Crippen LogP contribution in [0.15, 0.2) is 18.2 Å². The van der Waals surface area contributed by atoms with E-state index in [1.54, 1.807) is 0 Å². The normalized spacial score (nSPS) is 12.2. The van der Waals surface area contributed by atoms with Crippen molar-refractivity contribution in [2.75, 3.05) is 7.11 Å². The molecule has 0 aliphatic carbocycles. The van der Waals surface area contributed by atoms with Crippen LogP contribution in [0.1, 0.15) is 12.0 Å². The minimum absolute atomic E-state index is 0.0341.